The highest BCUT2D eigenvalue weighted by atomic mass is 32.2. The van der Waals surface area contributed by atoms with Crippen molar-refractivity contribution in [1.29, 1.82) is 0 Å². The monoisotopic (exact) mass is 211 g/mol. The summed E-state index contributed by atoms with van der Waals surface area (Å²) in [5.41, 5.74) is 7.36. The van der Waals surface area contributed by atoms with E-state index in [0.29, 0.717) is 5.75 Å². The smallest absolute Gasteiger partial charge is 0.150 e. The van der Waals surface area contributed by atoms with E-state index in [9.17, 15) is 8.42 Å². The molecule has 2 N–H and O–H groups in total. The molecule has 0 aliphatic carbocycles. The number of nitrogens with two attached hydrogens (primary N) is 1. The van der Waals surface area contributed by atoms with Crippen LogP contribution in [0.2, 0.25) is 0 Å². The Bertz CT molecular complexity index is 422. The molecule has 4 heteroatoms. The number of hydrogen-bond acceptors (Lipinski definition) is 3. The third-order valence-corrected chi connectivity index (χ3v) is 4.41. The van der Waals surface area contributed by atoms with Crippen molar-refractivity contribution in [3.63, 3.8) is 0 Å². The number of benzene rings is 1. The van der Waals surface area contributed by atoms with Crippen molar-refractivity contribution in [3.8, 4) is 0 Å². The van der Waals surface area contributed by atoms with Gasteiger partial charge in [-0.05, 0) is 30.0 Å². The second-order valence-corrected chi connectivity index (χ2v) is 6.00. The fourth-order valence-electron chi connectivity index (χ4n) is 1.83. The predicted molar refractivity (Wildman–Crippen MR) is 56.9 cm³/mol. The molecule has 76 valence electrons. The molecule has 0 unspecified atom stereocenters. The SMILES string of the molecule is Nc1ccc([C@@H]2CCS(=O)(=O)C2)cc1. The van der Waals surface area contributed by atoms with E-state index in [0.717, 1.165) is 17.7 Å². The van der Waals surface area contributed by atoms with Crippen molar-refractivity contribution < 1.29 is 8.42 Å². The molecule has 3 nitrogen and oxygen atoms in total. The highest BCUT2D eigenvalue weighted by molar-refractivity contribution is 7.91. The minimum Gasteiger partial charge on any atom is -0.399 e. The summed E-state index contributed by atoms with van der Waals surface area (Å²) < 4.78 is 22.5. The summed E-state index contributed by atoms with van der Waals surface area (Å²) in [6.07, 6.45) is 0.742. The molecule has 1 aliphatic heterocycles. The largest absolute Gasteiger partial charge is 0.399 e. The lowest BCUT2D eigenvalue weighted by Gasteiger charge is -2.07. The number of nitrogen functional groups attached to an aromatic ring is 1. The van der Waals surface area contributed by atoms with Crippen molar-refractivity contribution >= 4 is 15.5 Å². The zero-order valence-corrected chi connectivity index (χ0v) is 8.63. The van der Waals surface area contributed by atoms with Crippen LogP contribution in [0.5, 0.6) is 0 Å². The van der Waals surface area contributed by atoms with Gasteiger partial charge in [0.1, 0.15) is 0 Å². The molecule has 1 aromatic rings. The second-order valence-electron chi connectivity index (χ2n) is 3.77. The van der Waals surface area contributed by atoms with Gasteiger partial charge in [0, 0.05) is 5.69 Å². The van der Waals surface area contributed by atoms with Gasteiger partial charge >= 0.3 is 0 Å². The summed E-state index contributed by atoms with van der Waals surface area (Å²) >= 11 is 0. The summed E-state index contributed by atoms with van der Waals surface area (Å²) in [5, 5.41) is 0. The average molecular weight is 211 g/mol. The minimum absolute atomic E-state index is 0.167. The van der Waals surface area contributed by atoms with E-state index in [2.05, 4.69) is 0 Å². The molecule has 0 aromatic heterocycles. The van der Waals surface area contributed by atoms with Crippen LogP contribution in [0.25, 0.3) is 0 Å². The fraction of sp³-hybridized carbons (Fsp3) is 0.400. The van der Waals surface area contributed by atoms with Gasteiger partial charge in [0.15, 0.2) is 9.84 Å². The van der Waals surface area contributed by atoms with Gasteiger partial charge in [-0.1, -0.05) is 12.1 Å². The first-order valence-electron chi connectivity index (χ1n) is 4.63. The highest BCUT2D eigenvalue weighted by Crippen LogP contribution is 2.28. The summed E-state index contributed by atoms with van der Waals surface area (Å²) in [7, 11) is -2.78. The maximum Gasteiger partial charge on any atom is 0.150 e. The third kappa shape index (κ3) is 1.90. The molecular formula is C10H13NO2S. The first-order valence-corrected chi connectivity index (χ1v) is 6.45. The van der Waals surface area contributed by atoms with E-state index >= 15 is 0 Å². The van der Waals surface area contributed by atoms with Gasteiger partial charge in [0.05, 0.1) is 11.5 Å². The van der Waals surface area contributed by atoms with Crippen LogP contribution < -0.4 is 5.73 Å². The maximum absolute atomic E-state index is 11.3. The van der Waals surface area contributed by atoms with Gasteiger partial charge in [0.25, 0.3) is 0 Å². The zero-order chi connectivity index (χ0) is 10.2. The molecule has 0 radical (unpaired) electrons. The van der Waals surface area contributed by atoms with Crippen molar-refractivity contribution in [3.05, 3.63) is 29.8 Å². The molecule has 1 fully saturated rings. The Morgan fingerprint density at radius 2 is 1.86 bits per heavy atom. The summed E-state index contributed by atoms with van der Waals surface area (Å²) in [6.45, 7) is 0. The fourth-order valence-corrected chi connectivity index (χ4v) is 3.61. The predicted octanol–water partition coefficient (Wildman–Crippen LogP) is 1.17. The van der Waals surface area contributed by atoms with Crippen LogP contribution in [0.4, 0.5) is 5.69 Å². The molecular weight excluding hydrogens is 198 g/mol. The first kappa shape index (κ1) is 9.52. The van der Waals surface area contributed by atoms with E-state index in [1.54, 1.807) is 0 Å². The highest BCUT2D eigenvalue weighted by Gasteiger charge is 2.28. The quantitative estimate of drug-likeness (QED) is 0.709. The molecule has 14 heavy (non-hydrogen) atoms. The average Bonchev–Trinajstić information content (AvgIpc) is 2.47. The molecule has 1 heterocycles. The molecule has 0 spiro atoms. The number of rotatable bonds is 1. The standard InChI is InChI=1S/C10H13NO2S/c11-10-3-1-8(2-4-10)9-5-6-14(12,13)7-9/h1-4,9H,5-7,11H2/t9-/m1/s1. The Labute approximate surface area is 83.9 Å². The Morgan fingerprint density at radius 3 is 2.36 bits per heavy atom. The zero-order valence-electron chi connectivity index (χ0n) is 7.81. The molecule has 1 saturated heterocycles. The number of hydrogen-bond donors (Lipinski definition) is 1. The van der Waals surface area contributed by atoms with Crippen LogP contribution in [0.3, 0.4) is 0 Å². The van der Waals surface area contributed by atoms with Gasteiger partial charge in [-0.25, -0.2) is 8.42 Å². The third-order valence-electron chi connectivity index (χ3n) is 2.64. The molecule has 1 aliphatic rings. The van der Waals surface area contributed by atoms with Crippen molar-refractivity contribution in [1.82, 2.24) is 0 Å². The normalized spacial score (nSPS) is 25.0. The maximum atomic E-state index is 11.3. The van der Waals surface area contributed by atoms with Crippen LogP contribution in [0.1, 0.15) is 17.9 Å². The molecule has 1 atom stereocenters. The van der Waals surface area contributed by atoms with Gasteiger partial charge in [-0.15, -0.1) is 0 Å². The summed E-state index contributed by atoms with van der Waals surface area (Å²) in [6, 6.07) is 7.47. The van der Waals surface area contributed by atoms with E-state index in [1.807, 2.05) is 24.3 Å². The Morgan fingerprint density at radius 1 is 1.21 bits per heavy atom. The van der Waals surface area contributed by atoms with Crippen LogP contribution in [0.15, 0.2) is 24.3 Å². The van der Waals surface area contributed by atoms with Crippen LogP contribution >= 0.6 is 0 Å². The van der Waals surface area contributed by atoms with E-state index in [-0.39, 0.29) is 11.7 Å². The van der Waals surface area contributed by atoms with E-state index in [4.69, 9.17) is 5.73 Å². The van der Waals surface area contributed by atoms with E-state index < -0.39 is 9.84 Å². The Hall–Kier alpha value is -1.03. The van der Waals surface area contributed by atoms with Gasteiger partial charge in [-0.3, -0.25) is 0 Å². The molecule has 0 amide bonds. The van der Waals surface area contributed by atoms with Gasteiger partial charge in [0.2, 0.25) is 0 Å². The minimum atomic E-state index is -2.78. The van der Waals surface area contributed by atoms with E-state index in [1.165, 1.54) is 0 Å². The van der Waals surface area contributed by atoms with Crippen molar-refractivity contribution in [2.75, 3.05) is 17.2 Å². The van der Waals surface area contributed by atoms with Crippen LogP contribution in [-0.2, 0) is 9.84 Å². The lowest BCUT2D eigenvalue weighted by Crippen LogP contribution is -2.03. The van der Waals surface area contributed by atoms with Gasteiger partial charge in [-0.2, -0.15) is 0 Å². The number of sulfone groups is 1. The van der Waals surface area contributed by atoms with Crippen molar-refractivity contribution in [2.45, 2.75) is 12.3 Å². The van der Waals surface area contributed by atoms with Crippen molar-refractivity contribution in [2.24, 2.45) is 0 Å². The molecule has 1 aromatic carbocycles. The van der Waals surface area contributed by atoms with Gasteiger partial charge < -0.3 is 5.73 Å². The lowest BCUT2D eigenvalue weighted by atomic mass is 9.99. The Balaban J connectivity index is 2.22. The Kier molecular flexibility index (Phi) is 2.23. The molecule has 0 saturated carbocycles. The lowest BCUT2D eigenvalue weighted by molar-refractivity contribution is 0.601. The number of anilines is 1. The molecule has 2 rings (SSSR count). The first-order chi connectivity index (χ1) is 6.57. The topological polar surface area (TPSA) is 60.2 Å². The summed E-state index contributed by atoms with van der Waals surface area (Å²) in [5.74, 6) is 0.777. The second kappa shape index (κ2) is 3.28. The van der Waals surface area contributed by atoms with Crippen LogP contribution in [-0.4, -0.2) is 19.9 Å². The molecule has 0 bridgehead atoms. The van der Waals surface area contributed by atoms with Crippen LogP contribution in [0, 0.1) is 0 Å². The summed E-state index contributed by atoms with van der Waals surface area (Å²) in [4.78, 5) is 0.